The fourth-order valence-electron chi connectivity index (χ4n) is 4.25. The molecule has 1 N–H and O–H groups in total. The Morgan fingerprint density at radius 3 is 2.41 bits per heavy atom. The summed E-state index contributed by atoms with van der Waals surface area (Å²) in [7, 11) is -3.62. The van der Waals surface area contributed by atoms with Gasteiger partial charge in [-0.1, -0.05) is 6.08 Å². The van der Waals surface area contributed by atoms with Gasteiger partial charge in [-0.2, -0.15) is 4.31 Å². The van der Waals surface area contributed by atoms with Gasteiger partial charge in [0.1, 0.15) is 5.82 Å². The molecule has 1 saturated carbocycles. The normalized spacial score (nSPS) is 21.6. The van der Waals surface area contributed by atoms with Crippen LogP contribution in [0.3, 0.4) is 0 Å². The van der Waals surface area contributed by atoms with Crippen LogP contribution < -0.4 is 4.90 Å². The van der Waals surface area contributed by atoms with E-state index in [0.29, 0.717) is 38.8 Å². The Balaban J connectivity index is 1.35. The summed E-state index contributed by atoms with van der Waals surface area (Å²) < 4.78 is 40.0. The average Bonchev–Trinajstić information content (AvgIpc) is 3.55. The number of carbonyl (C=O) groups is 1. The average molecular weight is 423 g/mol. The van der Waals surface area contributed by atoms with Crippen LogP contribution in [-0.4, -0.2) is 62.3 Å². The van der Waals surface area contributed by atoms with Gasteiger partial charge < -0.3 is 9.80 Å². The van der Waals surface area contributed by atoms with E-state index >= 15 is 0 Å². The third kappa shape index (κ3) is 4.70. The third-order valence-electron chi connectivity index (χ3n) is 6.04. The molecule has 0 spiro atoms. The summed E-state index contributed by atoms with van der Waals surface area (Å²) in [5.74, 6) is -0.282. The summed E-state index contributed by atoms with van der Waals surface area (Å²) in [4.78, 5) is 16.3. The van der Waals surface area contributed by atoms with Gasteiger partial charge in [0.05, 0.1) is 31.1 Å². The molecular weight excluding hydrogens is 393 g/mol. The number of carbonyl (C=O) groups excluding carboxylic acids is 1. The largest absolute Gasteiger partial charge is 0.325 e. The first-order valence-electron chi connectivity index (χ1n) is 10.6. The Labute approximate surface area is 172 Å². The molecule has 1 amide bonds. The first-order chi connectivity index (χ1) is 13.9. The molecule has 1 aromatic carbocycles. The van der Waals surface area contributed by atoms with Gasteiger partial charge in [-0.25, -0.2) is 12.8 Å². The van der Waals surface area contributed by atoms with Gasteiger partial charge in [0.25, 0.3) is 5.91 Å². The van der Waals surface area contributed by atoms with Gasteiger partial charge >= 0.3 is 0 Å². The highest BCUT2D eigenvalue weighted by atomic mass is 32.2. The van der Waals surface area contributed by atoms with Crippen LogP contribution in [0, 0.1) is 5.82 Å². The maximum Gasteiger partial charge on any atom is 0.282 e. The number of halogens is 1. The highest BCUT2D eigenvalue weighted by Crippen LogP contribution is 2.33. The van der Waals surface area contributed by atoms with Gasteiger partial charge in [0, 0.05) is 11.7 Å². The Bertz CT molecular complexity index is 873. The number of nitrogens with one attached hydrogen (secondary N) is 1. The Morgan fingerprint density at radius 2 is 1.83 bits per heavy atom. The zero-order valence-corrected chi connectivity index (χ0v) is 17.5. The van der Waals surface area contributed by atoms with Gasteiger partial charge in [-0.3, -0.25) is 4.79 Å². The van der Waals surface area contributed by atoms with Crippen molar-refractivity contribution in [1.29, 1.82) is 0 Å². The number of nitrogens with zero attached hydrogens (tertiary/aromatic N) is 2. The Morgan fingerprint density at radius 1 is 1.14 bits per heavy atom. The molecule has 0 radical (unpaired) electrons. The minimum atomic E-state index is -3.62. The molecule has 0 unspecified atom stereocenters. The number of hydrogen-bond acceptors (Lipinski definition) is 3. The Kier molecular flexibility index (Phi) is 6.03. The number of piperazine rings is 1. The van der Waals surface area contributed by atoms with Crippen molar-refractivity contribution in [2.45, 2.75) is 49.5 Å². The summed E-state index contributed by atoms with van der Waals surface area (Å²) in [5, 5.41) is 0. The van der Waals surface area contributed by atoms with E-state index in [2.05, 4.69) is 6.08 Å². The molecule has 0 bridgehead atoms. The fourth-order valence-corrected chi connectivity index (χ4v) is 5.69. The van der Waals surface area contributed by atoms with Crippen molar-refractivity contribution in [3.8, 4) is 0 Å². The molecular formula is C21H29FN3O3S+. The predicted octanol–water partition coefficient (Wildman–Crippen LogP) is 1.16. The molecule has 8 heteroatoms. The molecule has 29 heavy (non-hydrogen) atoms. The number of benzene rings is 1. The first kappa shape index (κ1) is 20.5. The summed E-state index contributed by atoms with van der Waals surface area (Å²) in [6, 6.07) is 5.31. The van der Waals surface area contributed by atoms with E-state index < -0.39 is 15.8 Å². The lowest BCUT2D eigenvalue weighted by Gasteiger charge is -2.33. The van der Waals surface area contributed by atoms with Crippen molar-refractivity contribution in [3.05, 3.63) is 41.9 Å². The second kappa shape index (κ2) is 8.53. The zero-order chi connectivity index (χ0) is 20.4. The number of sulfonamides is 1. The van der Waals surface area contributed by atoms with E-state index in [4.69, 9.17) is 0 Å². The molecule has 1 aliphatic heterocycles. The van der Waals surface area contributed by atoms with Crippen molar-refractivity contribution in [2.75, 3.05) is 32.7 Å². The monoisotopic (exact) mass is 422 g/mol. The molecule has 6 nitrogen and oxygen atoms in total. The van der Waals surface area contributed by atoms with Crippen molar-refractivity contribution >= 4 is 15.9 Å². The first-order valence-corrected chi connectivity index (χ1v) is 12.0. The number of quaternary nitrogens is 1. The summed E-state index contributed by atoms with van der Waals surface area (Å²) >= 11 is 0. The summed E-state index contributed by atoms with van der Waals surface area (Å²) in [6.07, 6.45) is 8.79. The zero-order valence-electron chi connectivity index (χ0n) is 16.6. The van der Waals surface area contributed by atoms with Crippen LogP contribution >= 0.6 is 0 Å². The summed E-state index contributed by atoms with van der Waals surface area (Å²) in [6.45, 7) is 2.36. The van der Waals surface area contributed by atoms with Crippen LogP contribution in [0.25, 0.3) is 0 Å². The molecule has 158 valence electrons. The van der Waals surface area contributed by atoms with Crippen LogP contribution in [0.1, 0.15) is 38.5 Å². The molecule has 3 aliphatic rings. The highest BCUT2D eigenvalue weighted by Gasteiger charge is 2.37. The van der Waals surface area contributed by atoms with E-state index in [1.54, 1.807) is 0 Å². The predicted molar refractivity (Wildman–Crippen MR) is 107 cm³/mol. The minimum Gasteiger partial charge on any atom is -0.325 e. The number of allylic oxidation sites excluding steroid dienone is 2. The molecule has 2 fully saturated rings. The van der Waals surface area contributed by atoms with E-state index in [1.165, 1.54) is 40.7 Å². The van der Waals surface area contributed by atoms with Gasteiger partial charge in [0.15, 0.2) is 6.54 Å². The van der Waals surface area contributed by atoms with Crippen molar-refractivity contribution < 1.29 is 22.5 Å². The molecule has 1 aromatic rings. The standard InChI is InChI=1S/C21H28FN3O3S/c22-17-6-10-20(11-7-17)29(27,28)24-14-12-23(13-15-24)16-21(26)25(19-8-9-19)18-4-2-1-3-5-18/h4,6-7,10-11,19H,1-3,5,8-9,12-16H2/p+1. The molecule has 1 saturated heterocycles. The lowest BCUT2D eigenvalue weighted by molar-refractivity contribution is -0.895. The van der Waals surface area contributed by atoms with Crippen molar-refractivity contribution in [3.63, 3.8) is 0 Å². The number of hydrogen-bond donors (Lipinski definition) is 1. The van der Waals surface area contributed by atoms with Crippen LogP contribution in [0.5, 0.6) is 0 Å². The van der Waals surface area contributed by atoms with E-state index in [0.717, 1.165) is 37.0 Å². The van der Waals surface area contributed by atoms with Crippen LogP contribution in [0.4, 0.5) is 4.39 Å². The van der Waals surface area contributed by atoms with Crippen LogP contribution in [0.2, 0.25) is 0 Å². The molecule has 0 aromatic heterocycles. The molecule has 1 heterocycles. The lowest BCUT2D eigenvalue weighted by Crippen LogP contribution is -3.15. The SMILES string of the molecule is O=C(C[NH+]1CCN(S(=O)(=O)c2ccc(F)cc2)CC1)N(C1=CCCCC1)C1CC1. The van der Waals surface area contributed by atoms with Crippen LogP contribution in [-0.2, 0) is 14.8 Å². The summed E-state index contributed by atoms with van der Waals surface area (Å²) in [5.41, 5.74) is 1.20. The van der Waals surface area contributed by atoms with Gasteiger partial charge in [-0.05, 0) is 62.8 Å². The van der Waals surface area contributed by atoms with Crippen LogP contribution in [0.15, 0.2) is 40.9 Å². The fraction of sp³-hybridized carbons (Fsp3) is 0.571. The number of rotatable bonds is 6. The van der Waals surface area contributed by atoms with Crippen molar-refractivity contribution in [2.24, 2.45) is 0 Å². The maximum atomic E-state index is 13.1. The molecule has 4 rings (SSSR count). The number of amides is 1. The van der Waals surface area contributed by atoms with E-state index in [-0.39, 0.29) is 10.8 Å². The van der Waals surface area contributed by atoms with E-state index in [9.17, 15) is 17.6 Å². The smallest absolute Gasteiger partial charge is 0.282 e. The minimum absolute atomic E-state index is 0.113. The topological polar surface area (TPSA) is 62.1 Å². The third-order valence-corrected chi connectivity index (χ3v) is 7.95. The highest BCUT2D eigenvalue weighted by molar-refractivity contribution is 7.89. The Hall–Kier alpha value is -1.77. The molecule has 2 aliphatic carbocycles. The van der Waals surface area contributed by atoms with Gasteiger partial charge in [0.2, 0.25) is 10.0 Å². The van der Waals surface area contributed by atoms with Gasteiger partial charge in [-0.15, -0.1) is 0 Å². The quantitative estimate of drug-likeness (QED) is 0.749. The van der Waals surface area contributed by atoms with E-state index in [1.807, 2.05) is 4.90 Å². The maximum absolute atomic E-state index is 13.1. The molecule has 0 atom stereocenters. The van der Waals surface area contributed by atoms with Crippen molar-refractivity contribution in [1.82, 2.24) is 9.21 Å². The second-order valence-corrected chi connectivity index (χ2v) is 10.2. The lowest BCUT2D eigenvalue weighted by atomic mass is 10.0. The second-order valence-electron chi connectivity index (χ2n) is 8.22.